The highest BCUT2D eigenvalue weighted by molar-refractivity contribution is 5.76. The zero-order valence-electron chi connectivity index (χ0n) is 17.6. The number of methoxy groups -OCH3 is 1. The lowest BCUT2D eigenvalue weighted by Gasteiger charge is -2.34. The molecule has 2 heterocycles. The Morgan fingerprint density at radius 2 is 1.71 bits per heavy atom. The molecular formula is C24H26N4O3. The lowest BCUT2D eigenvalue weighted by atomic mass is 10.1. The van der Waals surface area contributed by atoms with Crippen molar-refractivity contribution >= 4 is 5.91 Å². The van der Waals surface area contributed by atoms with Gasteiger partial charge in [-0.3, -0.25) is 19.1 Å². The highest BCUT2D eigenvalue weighted by atomic mass is 16.5. The molecule has 1 fully saturated rings. The third-order valence-electron chi connectivity index (χ3n) is 5.54. The first-order chi connectivity index (χ1) is 15.1. The molecule has 0 spiro atoms. The molecular weight excluding hydrogens is 392 g/mol. The summed E-state index contributed by atoms with van der Waals surface area (Å²) in [5, 5.41) is 0. The number of para-hydroxylation sites is 1. The van der Waals surface area contributed by atoms with Gasteiger partial charge in [-0.15, -0.1) is 0 Å². The van der Waals surface area contributed by atoms with Gasteiger partial charge in [-0.25, -0.2) is 4.98 Å². The second-order valence-corrected chi connectivity index (χ2v) is 7.58. The summed E-state index contributed by atoms with van der Waals surface area (Å²) in [6.07, 6.45) is 1.44. The van der Waals surface area contributed by atoms with E-state index in [4.69, 9.17) is 4.74 Å². The molecule has 0 saturated carbocycles. The Morgan fingerprint density at radius 1 is 1.00 bits per heavy atom. The van der Waals surface area contributed by atoms with Crippen molar-refractivity contribution in [2.45, 2.75) is 13.1 Å². The topological polar surface area (TPSA) is 67.7 Å². The van der Waals surface area contributed by atoms with Gasteiger partial charge in [0.25, 0.3) is 5.56 Å². The molecule has 0 radical (unpaired) electrons. The first kappa shape index (κ1) is 20.8. The molecule has 7 nitrogen and oxygen atoms in total. The summed E-state index contributed by atoms with van der Waals surface area (Å²) in [5.41, 5.74) is 2.29. The van der Waals surface area contributed by atoms with Crippen LogP contribution in [0.3, 0.4) is 0 Å². The van der Waals surface area contributed by atoms with Crippen LogP contribution in [0.1, 0.15) is 5.56 Å². The molecule has 1 saturated heterocycles. The lowest BCUT2D eigenvalue weighted by molar-refractivity contribution is -0.133. The van der Waals surface area contributed by atoms with Gasteiger partial charge in [0, 0.05) is 44.4 Å². The predicted molar refractivity (Wildman–Crippen MR) is 119 cm³/mol. The van der Waals surface area contributed by atoms with Crippen LogP contribution in [-0.2, 0) is 17.9 Å². The number of rotatable bonds is 6. The summed E-state index contributed by atoms with van der Waals surface area (Å²) >= 11 is 0. The first-order valence-electron chi connectivity index (χ1n) is 10.4. The molecule has 1 aliphatic rings. The average molecular weight is 418 g/mol. The van der Waals surface area contributed by atoms with Gasteiger partial charge in [0.2, 0.25) is 5.91 Å². The molecule has 0 aliphatic carbocycles. The van der Waals surface area contributed by atoms with E-state index in [1.807, 2.05) is 47.4 Å². The van der Waals surface area contributed by atoms with E-state index in [2.05, 4.69) is 22.0 Å². The fraction of sp³-hybridized carbons (Fsp3) is 0.292. The van der Waals surface area contributed by atoms with Crippen molar-refractivity contribution in [1.82, 2.24) is 19.4 Å². The highest BCUT2D eigenvalue weighted by Gasteiger charge is 2.21. The van der Waals surface area contributed by atoms with Crippen molar-refractivity contribution in [3.8, 4) is 17.0 Å². The van der Waals surface area contributed by atoms with Gasteiger partial charge < -0.3 is 9.64 Å². The number of hydrogen-bond acceptors (Lipinski definition) is 5. The molecule has 1 aromatic heterocycles. The summed E-state index contributed by atoms with van der Waals surface area (Å²) in [6.45, 7) is 3.84. The van der Waals surface area contributed by atoms with E-state index in [0.29, 0.717) is 24.5 Å². The van der Waals surface area contributed by atoms with Crippen LogP contribution in [0.4, 0.5) is 0 Å². The number of piperazine rings is 1. The summed E-state index contributed by atoms with van der Waals surface area (Å²) in [4.78, 5) is 33.9. The summed E-state index contributed by atoms with van der Waals surface area (Å²) in [7, 11) is 1.58. The van der Waals surface area contributed by atoms with Gasteiger partial charge >= 0.3 is 0 Å². The minimum Gasteiger partial charge on any atom is -0.496 e. The minimum absolute atomic E-state index is 0.00325. The molecule has 0 N–H and O–H groups in total. The van der Waals surface area contributed by atoms with Crippen molar-refractivity contribution in [3.63, 3.8) is 0 Å². The van der Waals surface area contributed by atoms with Crippen LogP contribution in [0.5, 0.6) is 5.75 Å². The number of nitrogens with zero attached hydrogens (tertiary/aromatic N) is 4. The molecule has 0 atom stereocenters. The quantitative estimate of drug-likeness (QED) is 0.614. The van der Waals surface area contributed by atoms with E-state index >= 15 is 0 Å². The van der Waals surface area contributed by atoms with E-state index < -0.39 is 0 Å². The molecule has 160 valence electrons. The Balaban J connectivity index is 1.36. The monoisotopic (exact) mass is 418 g/mol. The molecule has 1 amide bonds. The van der Waals surface area contributed by atoms with Crippen molar-refractivity contribution in [3.05, 3.63) is 82.9 Å². The molecule has 0 unspecified atom stereocenters. The summed E-state index contributed by atoms with van der Waals surface area (Å²) < 4.78 is 6.70. The zero-order chi connectivity index (χ0) is 21.6. The van der Waals surface area contributed by atoms with Crippen LogP contribution in [0, 0.1) is 0 Å². The fourth-order valence-electron chi connectivity index (χ4n) is 3.79. The van der Waals surface area contributed by atoms with E-state index in [1.165, 1.54) is 22.5 Å². The van der Waals surface area contributed by atoms with Crippen LogP contribution in [0.15, 0.2) is 71.8 Å². The van der Waals surface area contributed by atoms with Crippen LogP contribution >= 0.6 is 0 Å². The standard InChI is InChI=1S/C24H26N4O3/c1-31-22-10-6-5-9-20(22)21-15-23(29)28(18-25-21)17-24(30)27-13-11-26(12-14-27)16-19-7-3-2-4-8-19/h2-10,15,18H,11-14,16-17H2,1H3. The molecule has 7 heteroatoms. The maximum absolute atomic E-state index is 12.7. The molecule has 4 rings (SSSR count). The van der Waals surface area contributed by atoms with Gasteiger partial charge in [-0.05, 0) is 17.7 Å². The number of ether oxygens (including phenoxy) is 1. The molecule has 31 heavy (non-hydrogen) atoms. The largest absolute Gasteiger partial charge is 0.496 e. The van der Waals surface area contributed by atoms with Crippen molar-refractivity contribution in [1.29, 1.82) is 0 Å². The third kappa shape index (κ3) is 5.00. The highest BCUT2D eigenvalue weighted by Crippen LogP contribution is 2.26. The Morgan fingerprint density at radius 3 is 2.42 bits per heavy atom. The van der Waals surface area contributed by atoms with Gasteiger partial charge in [0.1, 0.15) is 12.3 Å². The summed E-state index contributed by atoms with van der Waals surface area (Å²) in [5.74, 6) is 0.588. The van der Waals surface area contributed by atoms with Crippen LogP contribution in [0.2, 0.25) is 0 Å². The minimum atomic E-state index is -0.257. The maximum Gasteiger partial charge on any atom is 0.254 e. The maximum atomic E-state index is 12.7. The predicted octanol–water partition coefficient (Wildman–Crippen LogP) is 2.26. The van der Waals surface area contributed by atoms with Crippen LogP contribution < -0.4 is 10.3 Å². The smallest absolute Gasteiger partial charge is 0.254 e. The molecule has 3 aromatic rings. The Bertz CT molecular complexity index is 1090. The third-order valence-corrected chi connectivity index (χ3v) is 5.54. The number of hydrogen-bond donors (Lipinski definition) is 0. The van der Waals surface area contributed by atoms with Crippen molar-refractivity contribution < 1.29 is 9.53 Å². The van der Waals surface area contributed by atoms with E-state index in [1.54, 1.807) is 7.11 Å². The molecule has 1 aliphatic heterocycles. The van der Waals surface area contributed by atoms with Gasteiger partial charge in [-0.1, -0.05) is 42.5 Å². The number of amides is 1. The number of benzene rings is 2. The molecule has 0 bridgehead atoms. The van der Waals surface area contributed by atoms with E-state index in [9.17, 15) is 9.59 Å². The van der Waals surface area contributed by atoms with Gasteiger partial charge in [0.15, 0.2) is 0 Å². The zero-order valence-corrected chi connectivity index (χ0v) is 17.6. The van der Waals surface area contributed by atoms with Crippen LogP contribution in [0.25, 0.3) is 11.3 Å². The SMILES string of the molecule is COc1ccccc1-c1cc(=O)n(CC(=O)N2CCN(Cc3ccccc3)CC2)cn1. The van der Waals surface area contributed by atoms with Crippen molar-refractivity contribution in [2.24, 2.45) is 0 Å². The second kappa shape index (κ2) is 9.57. The van der Waals surface area contributed by atoms with Gasteiger partial charge in [-0.2, -0.15) is 0 Å². The summed E-state index contributed by atoms with van der Waals surface area (Å²) in [6, 6.07) is 19.2. The first-order valence-corrected chi connectivity index (χ1v) is 10.4. The van der Waals surface area contributed by atoms with Crippen LogP contribution in [-0.4, -0.2) is 58.5 Å². The van der Waals surface area contributed by atoms with Crippen molar-refractivity contribution in [2.75, 3.05) is 33.3 Å². The lowest BCUT2D eigenvalue weighted by Crippen LogP contribution is -2.49. The van der Waals surface area contributed by atoms with Gasteiger partial charge in [0.05, 0.1) is 19.1 Å². The molecule has 2 aromatic carbocycles. The Hall–Kier alpha value is -3.45. The number of carbonyl (C=O) groups excluding carboxylic acids is 1. The van der Waals surface area contributed by atoms with E-state index in [0.717, 1.165) is 25.2 Å². The van der Waals surface area contributed by atoms with E-state index in [-0.39, 0.29) is 18.0 Å². The Kier molecular flexibility index (Phi) is 6.43. The second-order valence-electron chi connectivity index (χ2n) is 7.58. The Labute approximate surface area is 181 Å². The number of aromatic nitrogens is 2. The normalized spacial score (nSPS) is 14.4. The fourth-order valence-corrected chi connectivity index (χ4v) is 3.79. The number of carbonyl (C=O) groups is 1. The average Bonchev–Trinajstić information content (AvgIpc) is 2.81.